The van der Waals surface area contributed by atoms with E-state index in [0.29, 0.717) is 5.56 Å². The Morgan fingerprint density at radius 3 is 2.65 bits per heavy atom. The van der Waals surface area contributed by atoms with Crippen molar-refractivity contribution in [3.05, 3.63) is 51.5 Å². The topological polar surface area (TPSA) is 50.2 Å². The molecule has 4 heteroatoms. The van der Waals surface area contributed by atoms with E-state index in [2.05, 4.69) is 31.1 Å². The summed E-state index contributed by atoms with van der Waals surface area (Å²) >= 11 is 1.59. The van der Waals surface area contributed by atoms with Crippen molar-refractivity contribution in [2.45, 2.75) is 26.2 Å². The van der Waals surface area contributed by atoms with Gasteiger partial charge in [0.2, 0.25) is 0 Å². The Hall–Kier alpha value is -1.94. The normalized spacial score (nSPS) is 11.9. The smallest absolute Gasteiger partial charge is 0.335 e. The summed E-state index contributed by atoms with van der Waals surface area (Å²) in [5.74, 6) is -0.912. The fraction of sp³-hybridized carbons (Fsp3) is 0.250. The lowest BCUT2D eigenvalue weighted by molar-refractivity contribution is 0.0697. The zero-order chi connectivity index (χ0) is 14.8. The van der Waals surface area contributed by atoms with Gasteiger partial charge in [0.1, 0.15) is 5.01 Å². The maximum absolute atomic E-state index is 10.9. The van der Waals surface area contributed by atoms with Crippen molar-refractivity contribution in [2.75, 3.05) is 0 Å². The van der Waals surface area contributed by atoms with Crippen LogP contribution in [0.25, 0.3) is 12.2 Å². The monoisotopic (exact) mass is 287 g/mol. The Morgan fingerprint density at radius 1 is 1.30 bits per heavy atom. The molecule has 1 N–H and O–H groups in total. The van der Waals surface area contributed by atoms with Crippen LogP contribution in [0.3, 0.4) is 0 Å². The molecule has 104 valence electrons. The SMILES string of the molecule is CC(C)(C)c1csc(/C=C/c2cccc(C(=O)O)c2)n1. The lowest BCUT2D eigenvalue weighted by atomic mass is 9.93. The van der Waals surface area contributed by atoms with Crippen molar-refractivity contribution in [2.24, 2.45) is 0 Å². The van der Waals surface area contributed by atoms with Crippen molar-refractivity contribution in [1.29, 1.82) is 0 Å². The molecule has 0 radical (unpaired) electrons. The van der Waals surface area contributed by atoms with E-state index in [-0.39, 0.29) is 5.41 Å². The molecule has 3 nitrogen and oxygen atoms in total. The highest BCUT2D eigenvalue weighted by Crippen LogP contribution is 2.24. The Balaban J connectivity index is 2.19. The first-order valence-electron chi connectivity index (χ1n) is 6.34. The van der Waals surface area contributed by atoms with Crippen LogP contribution in [0, 0.1) is 0 Å². The molecule has 0 saturated heterocycles. The molecule has 0 saturated carbocycles. The summed E-state index contributed by atoms with van der Waals surface area (Å²) < 4.78 is 0. The first-order chi connectivity index (χ1) is 9.36. The summed E-state index contributed by atoms with van der Waals surface area (Å²) in [5.41, 5.74) is 2.27. The Bertz CT molecular complexity index is 650. The number of aromatic nitrogens is 1. The van der Waals surface area contributed by atoms with Gasteiger partial charge < -0.3 is 5.11 Å². The minimum atomic E-state index is -0.912. The maximum Gasteiger partial charge on any atom is 0.335 e. The first-order valence-corrected chi connectivity index (χ1v) is 7.22. The number of carbonyl (C=O) groups is 1. The highest BCUT2D eigenvalue weighted by molar-refractivity contribution is 7.10. The number of carboxylic acid groups (broad SMARTS) is 1. The molecule has 0 atom stereocenters. The average Bonchev–Trinajstić information content (AvgIpc) is 2.85. The largest absolute Gasteiger partial charge is 0.478 e. The Morgan fingerprint density at radius 2 is 2.05 bits per heavy atom. The molecule has 0 aliphatic carbocycles. The molecule has 0 spiro atoms. The van der Waals surface area contributed by atoms with Gasteiger partial charge in [-0.1, -0.05) is 39.0 Å². The molecule has 1 aromatic carbocycles. The van der Waals surface area contributed by atoms with Gasteiger partial charge in [0.15, 0.2) is 0 Å². The van der Waals surface area contributed by atoms with Crippen LogP contribution >= 0.6 is 11.3 Å². The minimum absolute atomic E-state index is 0.0474. The summed E-state index contributed by atoms with van der Waals surface area (Å²) in [6.07, 6.45) is 3.80. The van der Waals surface area contributed by atoms with Gasteiger partial charge in [-0.05, 0) is 23.8 Å². The third kappa shape index (κ3) is 3.54. The first kappa shape index (κ1) is 14.5. The van der Waals surface area contributed by atoms with Gasteiger partial charge in [-0.25, -0.2) is 9.78 Å². The number of benzene rings is 1. The molecule has 1 aromatic heterocycles. The summed E-state index contributed by atoms with van der Waals surface area (Å²) in [6, 6.07) is 6.85. The van der Waals surface area contributed by atoms with E-state index in [4.69, 9.17) is 5.11 Å². The van der Waals surface area contributed by atoms with E-state index < -0.39 is 5.97 Å². The molecule has 1 heterocycles. The van der Waals surface area contributed by atoms with E-state index in [1.165, 1.54) is 0 Å². The van der Waals surface area contributed by atoms with E-state index in [0.717, 1.165) is 16.3 Å². The molecule has 0 fully saturated rings. The maximum atomic E-state index is 10.9. The average molecular weight is 287 g/mol. The zero-order valence-electron chi connectivity index (χ0n) is 11.8. The standard InChI is InChI=1S/C16H17NO2S/c1-16(2,3)13-10-20-14(17-13)8-7-11-5-4-6-12(9-11)15(18)19/h4-10H,1-3H3,(H,18,19)/b8-7+. The van der Waals surface area contributed by atoms with Crippen LogP contribution in [0.1, 0.15) is 47.4 Å². The van der Waals surface area contributed by atoms with E-state index in [9.17, 15) is 4.79 Å². The molecular weight excluding hydrogens is 270 g/mol. The van der Waals surface area contributed by atoms with Crippen LogP contribution in [-0.2, 0) is 5.41 Å². The number of nitrogens with zero attached hydrogens (tertiary/aromatic N) is 1. The summed E-state index contributed by atoms with van der Waals surface area (Å²) in [7, 11) is 0. The fourth-order valence-corrected chi connectivity index (χ4v) is 2.59. The van der Waals surface area contributed by atoms with Crippen LogP contribution in [0.4, 0.5) is 0 Å². The summed E-state index contributed by atoms with van der Waals surface area (Å²) in [5, 5.41) is 11.9. The minimum Gasteiger partial charge on any atom is -0.478 e. The fourth-order valence-electron chi connectivity index (χ4n) is 1.65. The number of hydrogen-bond donors (Lipinski definition) is 1. The molecule has 0 aliphatic heterocycles. The van der Waals surface area contributed by atoms with Crippen LogP contribution in [0.5, 0.6) is 0 Å². The molecular formula is C16H17NO2S. The van der Waals surface area contributed by atoms with Gasteiger partial charge in [-0.2, -0.15) is 0 Å². The summed E-state index contributed by atoms with van der Waals surface area (Å²) in [4.78, 5) is 15.5. The van der Waals surface area contributed by atoms with Crippen molar-refractivity contribution >= 4 is 29.5 Å². The number of aromatic carboxylic acids is 1. The van der Waals surface area contributed by atoms with Gasteiger partial charge >= 0.3 is 5.97 Å². The Kier molecular flexibility index (Phi) is 4.04. The third-order valence-corrected chi connectivity index (χ3v) is 3.65. The number of carboxylic acids is 1. The van der Waals surface area contributed by atoms with Crippen LogP contribution in [-0.4, -0.2) is 16.1 Å². The lowest BCUT2D eigenvalue weighted by Crippen LogP contribution is -2.11. The van der Waals surface area contributed by atoms with E-state index in [1.807, 2.05) is 18.2 Å². The van der Waals surface area contributed by atoms with Crippen LogP contribution < -0.4 is 0 Å². The molecule has 20 heavy (non-hydrogen) atoms. The third-order valence-electron chi connectivity index (χ3n) is 2.84. The molecule has 0 unspecified atom stereocenters. The highest BCUT2D eigenvalue weighted by atomic mass is 32.1. The van der Waals surface area contributed by atoms with Gasteiger partial charge in [0, 0.05) is 10.8 Å². The predicted molar refractivity (Wildman–Crippen MR) is 83.1 cm³/mol. The van der Waals surface area contributed by atoms with Crippen molar-refractivity contribution in [3.63, 3.8) is 0 Å². The Labute approximate surface area is 122 Å². The quantitative estimate of drug-likeness (QED) is 0.915. The zero-order valence-corrected chi connectivity index (χ0v) is 12.6. The van der Waals surface area contributed by atoms with Crippen molar-refractivity contribution in [3.8, 4) is 0 Å². The van der Waals surface area contributed by atoms with Gasteiger partial charge in [-0.3, -0.25) is 0 Å². The lowest BCUT2D eigenvalue weighted by Gasteiger charge is -2.13. The van der Waals surface area contributed by atoms with Crippen molar-refractivity contribution < 1.29 is 9.90 Å². The highest BCUT2D eigenvalue weighted by Gasteiger charge is 2.16. The summed E-state index contributed by atoms with van der Waals surface area (Å²) in [6.45, 7) is 6.39. The van der Waals surface area contributed by atoms with Crippen LogP contribution in [0.15, 0.2) is 29.6 Å². The molecule has 0 bridgehead atoms. The number of hydrogen-bond acceptors (Lipinski definition) is 3. The predicted octanol–water partition coefficient (Wildman–Crippen LogP) is 4.31. The molecule has 0 amide bonds. The second-order valence-corrected chi connectivity index (χ2v) is 6.47. The van der Waals surface area contributed by atoms with Crippen molar-refractivity contribution in [1.82, 2.24) is 4.98 Å². The molecule has 2 rings (SSSR count). The van der Waals surface area contributed by atoms with E-state index >= 15 is 0 Å². The second kappa shape index (κ2) is 5.59. The van der Waals surface area contributed by atoms with E-state index in [1.54, 1.807) is 29.5 Å². The van der Waals surface area contributed by atoms with Crippen LogP contribution in [0.2, 0.25) is 0 Å². The van der Waals surface area contributed by atoms with Gasteiger partial charge in [-0.15, -0.1) is 11.3 Å². The number of rotatable bonds is 3. The molecule has 0 aliphatic rings. The van der Waals surface area contributed by atoms with Gasteiger partial charge in [0.05, 0.1) is 11.3 Å². The second-order valence-electron chi connectivity index (χ2n) is 5.58. The number of thiazole rings is 1. The van der Waals surface area contributed by atoms with Gasteiger partial charge in [0.25, 0.3) is 0 Å². The molecule has 2 aromatic rings.